The molecule has 1 atom stereocenters. The maximum Gasteiger partial charge on any atom is 0.139 e. The lowest BCUT2D eigenvalue weighted by molar-refractivity contribution is 0.167. The highest BCUT2D eigenvalue weighted by Gasteiger charge is 2.16. The van der Waals surface area contributed by atoms with Gasteiger partial charge in [-0.15, -0.1) is 0 Å². The molecular weight excluding hydrogens is 192 g/mol. The molecule has 2 rings (SSSR count). The van der Waals surface area contributed by atoms with E-state index in [0.717, 1.165) is 37.7 Å². The molecule has 82 valence electrons. The lowest BCUT2D eigenvalue weighted by Crippen LogP contribution is -2.11. The van der Waals surface area contributed by atoms with Crippen molar-refractivity contribution in [2.75, 3.05) is 32.2 Å². The SMILES string of the molecule is CNc1cncc(OCC2CCOC2)c1. The Balaban J connectivity index is 1.86. The van der Waals surface area contributed by atoms with Crippen LogP contribution >= 0.6 is 0 Å². The molecule has 1 unspecified atom stereocenters. The van der Waals surface area contributed by atoms with Gasteiger partial charge in [-0.25, -0.2) is 0 Å². The normalized spacial score (nSPS) is 20.2. The van der Waals surface area contributed by atoms with Gasteiger partial charge in [0, 0.05) is 25.6 Å². The number of aromatic nitrogens is 1. The Bertz CT molecular complexity index is 311. The van der Waals surface area contributed by atoms with Crippen LogP contribution in [-0.4, -0.2) is 31.9 Å². The zero-order chi connectivity index (χ0) is 10.5. The molecule has 1 aliphatic rings. The molecule has 0 aliphatic carbocycles. The van der Waals surface area contributed by atoms with E-state index in [9.17, 15) is 0 Å². The third-order valence-corrected chi connectivity index (χ3v) is 2.51. The van der Waals surface area contributed by atoms with Gasteiger partial charge in [0.05, 0.1) is 31.3 Å². The minimum atomic E-state index is 0.531. The first kappa shape index (κ1) is 10.2. The van der Waals surface area contributed by atoms with Gasteiger partial charge in [0.2, 0.25) is 0 Å². The van der Waals surface area contributed by atoms with Crippen molar-refractivity contribution in [1.29, 1.82) is 0 Å². The lowest BCUT2D eigenvalue weighted by atomic mass is 10.1. The van der Waals surface area contributed by atoms with Crippen LogP contribution in [0.5, 0.6) is 5.75 Å². The minimum absolute atomic E-state index is 0.531. The number of ether oxygens (including phenoxy) is 2. The van der Waals surface area contributed by atoms with Crippen molar-refractivity contribution in [1.82, 2.24) is 4.98 Å². The summed E-state index contributed by atoms with van der Waals surface area (Å²) in [7, 11) is 1.87. The van der Waals surface area contributed by atoms with Crippen molar-refractivity contribution in [3.63, 3.8) is 0 Å². The summed E-state index contributed by atoms with van der Waals surface area (Å²) < 4.78 is 10.9. The van der Waals surface area contributed by atoms with Gasteiger partial charge in [0.15, 0.2) is 0 Å². The molecule has 1 aromatic heterocycles. The molecule has 15 heavy (non-hydrogen) atoms. The van der Waals surface area contributed by atoms with Gasteiger partial charge in [-0.2, -0.15) is 0 Å². The van der Waals surface area contributed by atoms with Gasteiger partial charge in [-0.3, -0.25) is 4.98 Å². The first-order valence-corrected chi connectivity index (χ1v) is 5.22. The third-order valence-electron chi connectivity index (χ3n) is 2.51. The summed E-state index contributed by atoms with van der Waals surface area (Å²) >= 11 is 0. The van der Waals surface area contributed by atoms with Crippen LogP contribution < -0.4 is 10.1 Å². The first-order chi connectivity index (χ1) is 7.38. The van der Waals surface area contributed by atoms with E-state index in [-0.39, 0.29) is 0 Å². The molecule has 0 radical (unpaired) electrons. The first-order valence-electron chi connectivity index (χ1n) is 5.22. The van der Waals surface area contributed by atoms with Gasteiger partial charge < -0.3 is 14.8 Å². The summed E-state index contributed by atoms with van der Waals surface area (Å²) in [6.07, 6.45) is 4.60. The highest BCUT2D eigenvalue weighted by molar-refractivity contribution is 5.44. The lowest BCUT2D eigenvalue weighted by Gasteiger charge is -2.10. The topological polar surface area (TPSA) is 43.4 Å². The molecule has 1 saturated heterocycles. The number of hydrogen-bond donors (Lipinski definition) is 1. The largest absolute Gasteiger partial charge is 0.492 e. The van der Waals surface area contributed by atoms with Gasteiger partial charge >= 0.3 is 0 Å². The molecule has 0 amide bonds. The molecule has 1 aromatic rings. The number of nitrogens with zero attached hydrogens (tertiary/aromatic N) is 1. The Morgan fingerprint density at radius 3 is 3.27 bits per heavy atom. The monoisotopic (exact) mass is 208 g/mol. The van der Waals surface area contributed by atoms with Crippen LogP contribution in [0.25, 0.3) is 0 Å². The van der Waals surface area contributed by atoms with E-state index in [1.807, 2.05) is 13.1 Å². The number of anilines is 1. The molecule has 0 aromatic carbocycles. The van der Waals surface area contributed by atoms with E-state index in [1.165, 1.54) is 0 Å². The van der Waals surface area contributed by atoms with Crippen LogP contribution in [0, 0.1) is 5.92 Å². The summed E-state index contributed by atoms with van der Waals surface area (Å²) in [5.74, 6) is 1.34. The molecule has 0 bridgehead atoms. The van der Waals surface area contributed by atoms with Crippen LogP contribution in [0.2, 0.25) is 0 Å². The maximum absolute atomic E-state index is 5.65. The van der Waals surface area contributed by atoms with Crippen molar-refractivity contribution in [2.45, 2.75) is 6.42 Å². The summed E-state index contributed by atoms with van der Waals surface area (Å²) in [5.41, 5.74) is 0.968. The van der Waals surface area contributed by atoms with Crippen LogP contribution in [0.1, 0.15) is 6.42 Å². The summed E-state index contributed by atoms with van der Waals surface area (Å²) in [4.78, 5) is 4.08. The molecule has 0 saturated carbocycles. The van der Waals surface area contributed by atoms with Crippen LogP contribution in [0.3, 0.4) is 0 Å². The molecule has 2 heterocycles. The van der Waals surface area contributed by atoms with Crippen LogP contribution in [0.15, 0.2) is 18.5 Å². The smallest absolute Gasteiger partial charge is 0.139 e. The van der Waals surface area contributed by atoms with Gasteiger partial charge in [0.1, 0.15) is 5.75 Å². The Morgan fingerprint density at radius 1 is 1.60 bits per heavy atom. The van der Waals surface area contributed by atoms with Gasteiger partial charge in [-0.05, 0) is 6.42 Å². The zero-order valence-electron chi connectivity index (χ0n) is 8.90. The zero-order valence-corrected chi connectivity index (χ0v) is 8.90. The fourth-order valence-corrected chi connectivity index (χ4v) is 1.56. The van der Waals surface area contributed by atoms with Gasteiger partial charge in [0.25, 0.3) is 0 Å². The number of pyridine rings is 1. The predicted octanol–water partition coefficient (Wildman–Crippen LogP) is 1.54. The van der Waals surface area contributed by atoms with E-state index in [0.29, 0.717) is 5.92 Å². The molecular formula is C11H16N2O2. The number of nitrogens with one attached hydrogen (secondary N) is 1. The second kappa shape index (κ2) is 4.98. The highest BCUT2D eigenvalue weighted by atomic mass is 16.5. The van der Waals surface area contributed by atoms with Crippen molar-refractivity contribution in [3.05, 3.63) is 18.5 Å². The standard InChI is InChI=1S/C11H16N2O2/c1-12-10-4-11(6-13-5-10)15-8-9-2-3-14-7-9/h4-6,9,12H,2-3,7-8H2,1H3. The Kier molecular flexibility index (Phi) is 3.40. The van der Waals surface area contributed by atoms with Crippen molar-refractivity contribution in [2.24, 2.45) is 5.92 Å². The van der Waals surface area contributed by atoms with Gasteiger partial charge in [-0.1, -0.05) is 0 Å². The van der Waals surface area contributed by atoms with Crippen molar-refractivity contribution in [3.8, 4) is 5.75 Å². The quantitative estimate of drug-likeness (QED) is 0.815. The Labute approximate surface area is 89.6 Å². The van der Waals surface area contributed by atoms with Crippen LogP contribution in [-0.2, 0) is 4.74 Å². The van der Waals surface area contributed by atoms with E-state index in [4.69, 9.17) is 9.47 Å². The van der Waals surface area contributed by atoms with Crippen LogP contribution in [0.4, 0.5) is 5.69 Å². The molecule has 1 fully saturated rings. The summed E-state index contributed by atoms with van der Waals surface area (Å²) in [5, 5.41) is 3.03. The molecule has 4 nitrogen and oxygen atoms in total. The fraction of sp³-hybridized carbons (Fsp3) is 0.545. The number of rotatable bonds is 4. The maximum atomic E-state index is 5.65. The highest BCUT2D eigenvalue weighted by Crippen LogP contribution is 2.18. The predicted molar refractivity (Wildman–Crippen MR) is 58.2 cm³/mol. The molecule has 1 aliphatic heterocycles. The van der Waals surface area contributed by atoms with E-state index < -0.39 is 0 Å². The average molecular weight is 208 g/mol. The fourth-order valence-electron chi connectivity index (χ4n) is 1.56. The molecule has 0 spiro atoms. The van der Waals surface area contributed by atoms with Crippen molar-refractivity contribution < 1.29 is 9.47 Å². The second-order valence-corrected chi connectivity index (χ2v) is 3.70. The minimum Gasteiger partial charge on any atom is -0.492 e. The van der Waals surface area contributed by atoms with E-state index >= 15 is 0 Å². The Hall–Kier alpha value is -1.29. The second-order valence-electron chi connectivity index (χ2n) is 3.70. The summed E-state index contributed by atoms with van der Waals surface area (Å²) in [6, 6.07) is 1.95. The van der Waals surface area contributed by atoms with E-state index in [1.54, 1.807) is 12.4 Å². The summed E-state index contributed by atoms with van der Waals surface area (Å²) in [6.45, 7) is 2.40. The molecule has 4 heteroatoms. The third kappa shape index (κ3) is 2.83. The van der Waals surface area contributed by atoms with E-state index in [2.05, 4.69) is 10.3 Å². The Morgan fingerprint density at radius 2 is 2.53 bits per heavy atom. The number of hydrogen-bond acceptors (Lipinski definition) is 4. The van der Waals surface area contributed by atoms with Crippen molar-refractivity contribution >= 4 is 5.69 Å². The molecule has 1 N–H and O–H groups in total. The average Bonchev–Trinajstić information content (AvgIpc) is 2.79.